The van der Waals surface area contributed by atoms with E-state index in [-0.39, 0.29) is 18.4 Å². The molecule has 3 aromatic carbocycles. The van der Waals surface area contributed by atoms with Crippen LogP contribution in [-0.4, -0.2) is 18.4 Å². The number of nitrogens with one attached hydrogen (secondary N) is 3. The van der Waals surface area contributed by atoms with Gasteiger partial charge in [-0.2, -0.15) is 0 Å². The lowest BCUT2D eigenvalue weighted by molar-refractivity contribution is -0.118. The maximum Gasteiger partial charge on any atom is 0.262 e. The van der Waals surface area contributed by atoms with E-state index in [1.807, 2.05) is 55.5 Å². The second-order valence-corrected chi connectivity index (χ2v) is 7.50. The Morgan fingerprint density at radius 2 is 1.48 bits per heavy atom. The van der Waals surface area contributed by atoms with Gasteiger partial charge in [0.1, 0.15) is 5.75 Å². The highest BCUT2D eigenvalue weighted by molar-refractivity contribution is 6.30. The van der Waals surface area contributed by atoms with Gasteiger partial charge in [0.05, 0.1) is 0 Å². The van der Waals surface area contributed by atoms with Gasteiger partial charge >= 0.3 is 0 Å². The Morgan fingerprint density at radius 3 is 2.16 bits per heavy atom. The van der Waals surface area contributed by atoms with Crippen LogP contribution in [0.1, 0.15) is 18.1 Å². The maximum atomic E-state index is 12.2. The van der Waals surface area contributed by atoms with Crippen LogP contribution in [0.3, 0.4) is 0 Å². The summed E-state index contributed by atoms with van der Waals surface area (Å²) in [6.45, 7) is 3.79. The lowest BCUT2D eigenvalue weighted by Gasteiger charge is -2.14. The molecule has 0 aromatic heterocycles. The molecule has 0 radical (unpaired) electrons. The first-order valence-electron chi connectivity index (χ1n) is 9.78. The number of benzene rings is 3. The average molecular weight is 438 g/mol. The van der Waals surface area contributed by atoms with Crippen molar-refractivity contribution in [3.63, 3.8) is 0 Å². The summed E-state index contributed by atoms with van der Waals surface area (Å²) in [7, 11) is 0. The molecule has 3 N–H and O–H groups in total. The number of carbonyl (C=O) groups excluding carboxylic acids is 2. The Labute approximate surface area is 186 Å². The predicted molar refractivity (Wildman–Crippen MR) is 125 cm³/mol. The zero-order valence-electron chi connectivity index (χ0n) is 17.4. The molecule has 0 saturated heterocycles. The van der Waals surface area contributed by atoms with Crippen molar-refractivity contribution in [3.05, 3.63) is 82.9 Å². The van der Waals surface area contributed by atoms with E-state index in [0.717, 1.165) is 28.2 Å². The number of halogens is 1. The minimum absolute atomic E-state index is 0.117. The average Bonchev–Trinajstić information content (AvgIpc) is 2.74. The van der Waals surface area contributed by atoms with E-state index in [2.05, 4.69) is 16.0 Å². The Kier molecular flexibility index (Phi) is 7.51. The summed E-state index contributed by atoms with van der Waals surface area (Å²) in [6, 6.07) is 20.2. The van der Waals surface area contributed by atoms with Crippen LogP contribution < -0.4 is 20.7 Å². The minimum Gasteiger partial charge on any atom is -0.483 e. The highest BCUT2D eigenvalue weighted by atomic mass is 35.5. The molecule has 160 valence electrons. The van der Waals surface area contributed by atoms with Gasteiger partial charge in [0, 0.05) is 41.1 Å². The lowest BCUT2D eigenvalue weighted by Crippen LogP contribution is -2.20. The summed E-state index contributed by atoms with van der Waals surface area (Å²) in [5.41, 5.74) is 4.26. The molecule has 0 aliphatic carbocycles. The molecule has 0 heterocycles. The monoisotopic (exact) mass is 437 g/mol. The first-order valence-corrected chi connectivity index (χ1v) is 10.2. The number of amides is 2. The Bertz CT molecular complexity index is 1050. The lowest BCUT2D eigenvalue weighted by atomic mass is 10.2. The molecular weight excluding hydrogens is 414 g/mol. The molecule has 31 heavy (non-hydrogen) atoms. The number of carbonyl (C=O) groups is 2. The standard InChI is InChI=1S/C24H24ClN3O3/c1-16-3-6-22(7-4-16)28-24(30)15-31-23-12-5-19(25)13-18(23)14-26-20-8-10-21(11-9-20)27-17(2)29/h3-13,26H,14-15H2,1-2H3,(H,27,29)(H,28,30). The van der Waals surface area contributed by atoms with Crippen LogP contribution in [0.5, 0.6) is 5.75 Å². The fourth-order valence-corrected chi connectivity index (χ4v) is 3.07. The quantitative estimate of drug-likeness (QED) is 0.450. The molecule has 3 rings (SSSR count). The molecule has 0 unspecified atom stereocenters. The van der Waals surface area contributed by atoms with Crippen molar-refractivity contribution in [1.82, 2.24) is 0 Å². The van der Waals surface area contributed by atoms with Gasteiger partial charge < -0.3 is 20.7 Å². The van der Waals surface area contributed by atoms with Gasteiger partial charge in [-0.05, 0) is 61.5 Å². The van der Waals surface area contributed by atoms with Crippen molar-refractivity contribution >= 4 is 40.5 Å². The van der Waals surface area contributed by atoms with E-state index >= 15 is 0 Å². The summed E-state index contributed by atoms with van der Waals surface area (Å²) < 4.78 is 5.74. The minimum atomic E-state index is -0.244. The van der Waals surface area contributed by atoms with Crippen LogP contribution in [0.15, 0.2) is 66.7 Å². The van der Waals surface area contributed by atoms with Crippen LogP contribution in [0.2, 0.25) is 5.02 Å². The van der Waals surface area contributed by atoms with Crippen molar-refractivity contribution in [2.24, 2.45) is 0 Å². The first kappa shape index (κ1) is 22.2. The van der Waals surface area contributed by atoms with Gasteiger partial charge in [0.2, 0.25) is 5.91 Å². The molecule has 0 bridgehead atoms. The second-order valence-electron chi connectivity index (χ2n) is 7.07. The largest absolute Gasteiger partial charge is 0.483 e. The van der Waals surface area contributed by atoms with Gasteiger partial charge in [-0.1, -0.05) is 29.3 Å². The van der Waals surface area contributed by atoms with Gasteiger partial charge in [0.15, 0.2) is 6.61 Å². The summed E-state index contributed by atoms with van der Waals surface area (Å²) >= 11 is 6.15. The first-order chi connectivity index (χ1) is 14.9. The number of aryl methyl sites for hydroxylation is 1. The topological polar surface area (TPSA) is 79.5 Å². The zero-order chi connectivity index (χ0) is 22.2. The van der Waals surface area contributed by atoms with Gasteiger partial charge in [0.25, 0.3) is 5.91 Å². The van der Waals surface area contributed by atoms with Crippen molar-refractivity contribution in [2.45, 2.75) is 20.4 Å². The van der Waals surface area contributed by atoms with E-state index in [1.165, 1.54) is 6.92 Å². The molecule has 0 saturated carbocycles. The molecule has 0 aliphatic rings. The van der Waals surface area contributed by atoms with Crippen LogP contribution in [-0.2, 0) is 16.1 Å². The van der Waals surface area contributed by atoms with Gasteiger partial charge in [-0.15, -0.1) is 0 Å². The van der Waals surface area contributed by atoms with Crippen molar-refractivity contribution < 1.29 is 14.3 Å². The van der Waals surface area contributed by atoms with E-state index in [4.69, 9.17) is 16.3 Å². The molecule has 7 heteroatoms. The number of rotatable bonds is 8. The molecule has 0 fully saturated rings. The molecule has 2 amide bonds. The fourth-order valence-electron chi connectivity index (χ4n) is 2.88. The van der Waals surface area contributed by atoms with Gasteiger partial charge in [-0.25, -0.2) is 0 Å². The smallest absolute Gasteiger partial charge is 0.262 e. The van der Waals surface area contributed by atoms with Crippen LogP contribution in [0.25, 0.3) is 0 Å². The number of hydrogen-bond donors (Lipinski definition) is 3. The fraction of sp³-hybridized carbons (Fsp3) is 0.167. The second kappa shape index (κ2) is 10.5. The van der Waals surface area contributed by atoms with Crippen molar-refractivity contribution in [2.75, 3.05) is 22.6 Å². The van der Waals surface area contributed by atoms with Crippen LogP contribution in [0, 0.1) is 6.92 Å². The SMILES string of the molecule is CC(=O)Nc1ccc(NCc2cc(Cl)ccc2OCC(=O)Nc2ccc(C)cc2)cc1. The number of hydrogen-bond acceptors (Lipinski definition) is 4. The van der Waals surface area contributed by atoms with Crippen LogP contribution >= 0.6 is 11.6 Å². The Hall–Kier alpha value is -3.51. The number of ether oxygens (including phenoxy) is 1. The molecular formula is C24H24ClN3O3. The van der Waals surface area contributed by atoms with E-state index in [9.17, 15) is 9.59 Å². The molecule has 3 aromatic rings. The summed E-state index contributed by atoms with van der Waals surface area (Å²) in [5, 5.41) is 9.41. The molecule has 6 nitrogen and oxygen atoms in total. The Morgan fingerprint density at radius 1 is 0.871 bits per heavy atom. The highest BCUT2D eigenvalue weighted by Crippen LogP contribution is 2.24. The number of anilines is 3. The maximum absolute atomic E-state index is 12.2. The predicted octanol–water partition coefficient (Wildman–Crippen LogP) is 5.24. The summed E-state index contributed by atoms with van der Waals surface area (Å²) in [4.78, 5) is 23.4. The third-order valence-electron chi connectivity index (χ3n) is 4.40. The van der Waals surface area contributed by atoms with E-state index in [1.54, 1.807) is 18.2 Å². The summed E-state index contributed by atoms with van der Waals surface area (Å²) in [6.07, 6.45) is 0. The Balaban J connectivity index is 1.59. The van der Waals surface area contributed by atoms with Crippen molar-refractivity contribution in [3.8, 4) is 5.75 Å². The van der Waals surface area contributed by atoms with Crippen LogP contribution in [0.4, 0.5) is 17.1 Å². The van der Waals surface area contributed by atoms with Crippen molar-refractivity contribution in [1.29, 1.82) is 0 Å². The van der Waals surface area contributed by atoms with E-state index in [0.29, 0.717) is 17.3 Å². The molecule has 0 spiro atoms. The zero-order valence-corrected chi connectivity index (χ0v) is 18.1. The third-order valence-corrected chi connectivity index (χ3v) is 4.64. The molecule has 0 aliphatic heterocycles. The van der Waals surface area contributed by atoms with E-state index < -0.39 is 0 Å². The third kappa shape index (κ3) is 7.04. The molecule has 0 atom stereocenters. The summed E-state index contributed by atoms with van der Waals surface area (Å²) in [5.74, 6) is 0.213. The highest BCUT2D eigenvalue weighted by Gasteiger charge is 2.09. The van der Waals surface area contributed by atoms with Gasteiger partial charge in [-0.3, -0.25) is 9.59 Å². The normalized spacial score (nSPS) is 10.3.